The fourth-order valence-electron chi connectivity index (χ4n) is 1.57. The van der Waals surface area contributed by atoms with Crippen molar-refractivity contribution in [2.75, 3.05) is 19.7 Å². The third-order valence-corrected chi connectivity index (χ3v) is 2.82. The number of hydrogen-bond donors (Lipinski definition) is 2. The quantitative estimate of drug-likeness (QED) is 0.540. The van der Waals surface area contributed by atoms with Crippen LogP contribution in [-0.4, -0.2) is 37.5 Å². The molecule has 1 aromatic carbocycles. The molecule has 0 radical (unpaired) electrons. The number of nitrogens with zero attached hydrogens (tertiary/aromatic N) is 1. The molecule has 0 saturated carbocycles. The van der Waals surface area contributed by atoms with Gasteiger partial charge in [-0.3, -0.25) is 9.59 Å². The van der Waals surface area contributed by atoms with Gasteiger partial charge in [0.25, 0.3) is 5.91 Å². The predicted molar refractivity (Wildman–Crippen MR) is 87.5 cm³/mol. The Bertz CT molecular complexity index is 645. The molecule has 0 bridgehead atoms. The molecular weight excluding hydrogens is 310 g/mol. The van der Waals surface area contributed by atoms with Crippen LogP contribution in [0, 0.1) is 11.3 Å². The van der Waals surface area contributed by atoms with Gasteiger partial charge in [0.2, 0.25) is 5.91 Å². The zero-order chi connectivity index (χ0) is 17.8. The molecule has 1 rings (SSSR count). The Hall–Kier alpha value is -3.14. The van der Waals surface area contributed by atoms with Crippen LogP contribution in [0.4, 0.5) is 0 Å². The van der Waals surface area contributed by atoms with E-state index < -0.39 is 18.5 Å². The predicted octanol–water partition coefficient (Wildman–Crippen LogP) is 0.757. The minimum atomic E-state index is -0.676. The molecule has 7 nitrogen and oxygen atoms in total. The average molecular weight is 329 g/mol. The van der Waals surface area contributed by atoms with Gasteiger partial charge in [0.1, 0.15) is 0 Å². The second-order valence-corrected chi connectivity index (χ2v) is 4.80. The van der Waals surface area contributed by atoms with Crippen molar-refractivity contribution in [3.8, 4) is 6.07 Å². The van der Waals surface area contributed by atoms with Gasteiger partial charge in [0.15, 0.2) is 6.61 Å². The molecule has 0 aliphatic heterocycles. The fourth-order valence-corrected chi connectivity index (χ4v) is 1.57. The Morgan fingerprint density at radius 1 is 1.17 bits per heavy atom. The molecule has 0 unspecified atom stereocenters. The molecule has 7 heteroatoms. The van der Waals surface area contributed by atoms with Crippen LogP contribution in [0.25, 0.3) is 6.08 Å². The summed E-state index contributed by atoms with van der Waals surface area (Å²) >= 11 is 0. The molecule has 2 amide bonds. The average Bonchev–Trinajstić information content (AvgIpc) is 2.61. The van der Waals surface area contributed by atoms with Crippen molar-refractivity contribution in [1.82, 2.24) is 10.6 Å². The smallest absolute Gasteiger partial charge is 0.331 e. The summed E-state index contributed by atoms with van der Waals surface area (Å²) in [5.41, 5.74) is 1.25. The largest absolute Gasteiger partial charge is 0.452 e. The highest BCUT2D eigenvalue weighted by Crippen LogP contribution is 2.05. The second-order valence-electron chi connectivity index (χ2n) is 4.80. The molecule has 0 saturated heterocycles. The number of hydrogen-bond acceptors (Lipinski definition) is 5. The summed E-state index contributed by atoms with van der Waals surface area (Å²) in [5, 5.41) is 13.6. The highest BCUT2D eigenvalue weighted by atomic mass is 16.5. The van der Waals surface area contributed by atoms with Gasteiger partial charge in [-0.2, -0.15) is 5.26 Å². The topological polar surface area (TPSA) is 108 Å². The lowest BCUT2D eigenvalue weighted by Gasteiger charge is -2.06. The highest BCUT2D eigenvalue weighted by Gasteiger charge is 2.07. The molecule has 126 valence electrons. The van der Waals surface area contributed by atoms with E-state index in [1.54, 1.807) is 24.3 Å². The van der Waals surface area contributed by atoms with Gasteiger partial charge in [-0.1, -0.05) is 19.1 Å². The van der Waals surface area contributed by atoms with Gasteiger partial charge in [-0.25, -0.2) is 4.79 Å². The van der Waals surface area contributed by atoms with Crippen molar-refractivity contribution in [2.24, 2.45) is 0 Å². The summed E-state index contributed by atoms with van der Waals surface area (Å²) in [6.07, 6.45) is 3.51. The van der Waals surface area contributed by atoms with Gasteiger partial charge >= 0.3 is 5.97 Å². The lowest BCUT2D eigenvalue weighted by atomic mass is 10.1. The zero-order valence-corrected chi connectivity index (χ0v) is 13.4. The van der Waals surface area contributed by atoms with Crippen LogP contribution in [0.15, 0.2) is 30.3 Å². The van der Waals surface area contributed by atoms with Crippen LogP contribution in [0.1, 0.15) is 24.5 Å². The van der Waals surface area contributed by atoms with Crippen molar-refractivity contribution in [3.63, 3.8) is 0 Å². The summed E-state index contributed by atoms with van der Waals surface area (Å²) < 4.78 is 4.76. The first-order valence-electron chi connectivity index (χ1n) is 7.43. The first-order chi connectivity index (χ1) is 11.5. The zero-order valence-electron chi connectivity index (χ0n) is 13.4. The molecule has 0 spiro atoms. The first-order valence-corrected chi connectivity index (χ1v) is 7.43. The van der Waals surface area contributed by atoms with Crippen LogP contribution in [0.3, 0.4) is 0 Å². The van der Waals surface area contributed by atoms with E-state index in [2.05, 4.69) is 10.6 Å². The number of esters is 1. The summed E-state index contributed by atoms with van der Waals surface area (Å²) in [6.45, 7) is 1.85. The minimum Gasteiger partial charge on any atom is -0.452 e. The Kier molecular flexibility index (Phi) is 8.32. The molecule has 2 N–H and O–H groups in total. The third-order valence-electron chi connectivity index (χ3n) is 2.82. The number of amides is 2. The van der Waals surface area contributed by atoms with E-state index in [9.17, 15) is 14.4 Å². The van der Waals surface area contributed by atoms with E-state index in [0.717, 1.165) is 12.0 Å². The number of benzene rings is 1. The Morgan fingerprint density at radius 3 is 2.50 bits per heavy atom. The highest BCUT2D eigenvalue weighted by molar-refractivity contribution is 5.90. The molecule has 1 aromatic rings. The molecule has 0 fully saturated rings. The van der Waals surface area contributed by atoms with Gasteiger partial charge in [0.05, 0.1) is 18.2 Å². The molecule has 0 atom stereocenters. The van der Waals surface area contributed by atoms with Crippen LogP contribution in [0.5, 0.6) is 0 Å². The molecule has 24 heavy (non-hydrogen) atoms. The molecule has 0 heterocycles. The number of rotatable bonds is 8. The Labute approximate surface area is 140 Å². The number of ether oxygens (including phenoxy) is 1. The lowest BCUT2D eigenvalue weighted by molar-refractivity contribution is -0.143. The van der Waals surface area contributed by atoms with Gasteiger partial charge in [0, 0.05) is 12.6 Å². The van der Waals surface area contributed by atoms with Crippen molar-refractivity contribution < 1.29 is 19.1 Å². The van der Waals surface area contributed by atoms with Crippen molar-refractivity contribution in [1.29, 1.82) is 5.26 Å². The summed E-state index contributed by atoms with van der Waals surface area (Å²) in [6, 6.07) is 8.62. The maximum absolute atomic E-state index is 11.5. The van der Waals surface area contributed by atoms with E-state index in [1.165, 1.54) is 12.2 Å². The molecule has 0 aliphatic rings. The summed E-state index contributed by atoms with van der Waals surface area (Å²) in [7, 11) is 0. The van der Waals surface area contributed by atoms with Crippen LogP contribution < -0.4 is 10.6 Å². The maximum Gasteiger partial charge on any atom is 0.331 e. The van der Waals surface area contributed by atoms with Crippen molar-refractivity contribution >= 4 is 23.9 Å². The van der Waals surface area contributed by atoms with Crippen LogP contribution in [-0.2, 0) is 19.1 Å². The van der Waals surface area contributed by atoms with Gasteiger partial charge < -0.3 is 15.4 Å². The van der Waals surface area contributed by atoms with Crippen molar-refractivity contribution in [3.05, 3.63) is 41.5 Å². The number of carbonyl (C=O) groups excluding carboxylic acids is 3. The Morgan fingerprint density at radius 2 is 1.88 bits per heavy atom. The van der Waals surface area contributed by atoms with Gasteiger partial charge in [-0.05, 0) is 30.2 Å². The minimum absolute atomic E-state index is 0.155. The number of carbonyl (C=O) groups is 3. The summed E-state index contributed by atoms with van der Waals surface area (Å²) in [4.78, 5) is 34.2. The van der Waals surface area contributed by atoms with Crippen molar-refractivity contribution in [2.45, 2.75) is 13.3 Å². The third kappa shape index (κ3) is 7.75. The van der Waals surface area contributed by atoms with E-state index in [4.69, 9.17) is 10.00 Å². The Balaban J connectivity index is 2.29. The van der Waals surface area contributed by atoms with E-state index in [-0.39, 0.29) is 12.5 Å². The van der Waals surface area contributed by atoms with E-state index in [0.29, 0.717) is 12.1 Å². The van der Waals surface area contributed by atoms with E-state index in [1.807, 2.05) is 13.0 Å². The molecular formula is C17H19N3O4. The summed E-state index contributed by atoms with van der Waals surface area (Å²) in [5.74, 6) is -1.52. The fraction of sp³-hybridized carbons (Fsp3) is 0.294. The lowest BCUT2D eigenvalue weighted by Crippen LogP contribution is -2.38. The molecule has 0 aliphatic carbocycles. The normalized spacial score (nSPS) is 10.0. The van der Waals surface area contributed by atoms with Gasteiger partial charge in [-0.15, -0.1) is 0 Å². The first kappa shape index (κ1) is 18.9. The maximum atomic E-state index is 11.5. The monoisotopic (exact) mass is 329 g/mol. The van der Waals surface area contributed by atoms with E-state index >= 15 is 0 Å². The standard InChI is InChI=1S/C17H19N3O4/c1-2-9-19-15(21)11-20-16(22)12-24-17(23)8-7-13-3-5-14(10-18)6-4-13/h3-8H,2,9,11-12H2,1H3,(H,19,21)(H,20,22)/b8-7+. The van der Waals surface area contributed by atoms with Crippen LogP contribution in [0.2, 0.25) is 0 Å². The molecule has 0 aromatic heterocycles. The second kappa shape index (κ2) is 10.6. The SMILES string of the molecule is CCCNC(=O)CNC(=O)COC(=O)/C=C/c1ccc(C#N)cc1. The number of nitrogens with one attached hydrogen (secondary N) is 2. The van der Waals surface area contributed by atoms with Crippen LogP contribution >= 0.6 is 0 Å². The number of nitriles is 1.